The maximum atomic E-state index is 13.1. The first kappa shape index (κ1) is 21.8. The molecule has 2 aromatic rings. The van der Waals surface area contributed by atoms with Crippen molar-refractivity contribution in [1.82, 2.24) is 9.21 Å². The molecule has 1 aliphatic heterocycles. The maximum absolute atomic E-state index is 13.1. The van der Waals surface area contributed by atoms with Crippen LogP contribution in [0.15, 0.2) is 53.4 Å². The first-order chi connectivity index (χ1) is 14.3. The average Bonchev–Trinajstić information content (AvgIpc) is 2.78. The normalized spacial score (nSPS) is 15.4. The van der Waals surface area contributed by atoms with Crippen molar-refractivity contribution < 1.29 is 27.1 Å². The van der Waals surface area contributed by atoms with E-state index in [2.05, 4.69) is 0 Å². The van der Waals surface area contributed by atoms with E-state index in [4.69, 9.17) is 9.47 Å². The Morgan fingerprint density at radius 1 is 1.00 bits per heavy atom. The molecular weight excluding hydrogens is 411 g/mol. The fraction of sp³-hybridized carbons (Fsp3) is 0.286. The largest absolute Gasteiger partial charge is 0.497 e. The van der Waals surface area contributed by atoms with Crippen LogP contribution in [-0.4, -0.2) is 63.9 Å². The molecule has 1 amide bonds. The Kier molecular flexibility index (Phi) is 6.73. The third kappa shape index (κ3) is 4.80. The molecule has 0 N–H and O–H groups in total. The molecule has 1 aliphatic rings. The van der Waals surface area contributed by atoms with Crippen molar-refractivity contribution in [2.75, 3.05) is 40.4 Å². The molecule has 0 unspecified atom stereocenters. The molecule has 0 spiro atoms. The summed E-state index contributed by atoms with van der Waals surface area (Å²) in [4.78, 5) is 14.0. The second-order valence-electron chi connectivity index (χ2n) is 6.63. The van der Waals surface area contributed by atoms with Gasteiger partial charge < -0.3 is 14.4 Å². The van der Waals surface area contributed by atoms with Crippen LogP contribution >= 0.6 is 0 Å². The van der Waals surface area contributed by atoms with Crippen LogP contribution in [0.1, 0.15) is 5.56 Å². The summed E-state index contributed by atoms with van der Waals surface area (Å²) in [6.07, 6.45) is 3.01. The van der Waals surface area contributed by atoms with E-state index in [1.165, 1.54) is 42.8 Å². The van der Waals surface area contributed by atoms with Gasteiger partial charge >= 0.3 is 0 Å². The number of carbonyl (C=O) groups is 1. The summed E-state index contributed by atoms with van der Waals surface area (Å²) in [5, 5.41) is 0. The van der Waals surface area contributed by atoms with Crippen LogP contribution in [0.4, 0.5) is 4.39 Å². The third-order valence-electron chi connectivity index (χ3n) is 4.83. The number of ether oxygens (including phenoxy) is 2. The Morgan fingerprint density at radius 3 is 2.27 bits per heavy atom. The monoisotopic (exact) mass is 434 g/mol. The van der Waals surface area contributed by atoms with Gasteiger partial charge in [-0.15, -0.1) is 0 Å². The molecule has 7 nitrogen and oxygen atoms in total. The molecule has 2 aromatic carbocycles. The maximum Gasteiger partial charge on any atom is 0.247 e. The molecule has 0 radical (unpaired) electrons. The molecule has 9 heteroatoms. The van der Waals surface area contributed by atoms with Gasteiger partial charge in [0.05, 0.1) is 14.2 Å². The molecule has 0 saturated carbocycles. The Labute approximate surface area is 175 Å². The Hall–Kier alpha value is -2.91. The summed E-state index contributed by atoms with van der Waals surface area (Å²) < 4.78 is 50.8. The highest BCUT2D eigenvalue weighted by Crippen LogP contribution is 2.31. The summed E-state index contributed by atoms with van der Waals surface area (Å²) in [6, 6.07) is 10.4. The van der Waals surface area contributed by atoms with E-state index in [1.807, 2.05) is 0 Å². The van der Waals surface area contributed by atoms with Crippen LogP contribution in [0.2, 0.25) is 0 Å². The second-order valence-corrected chi connectivity index (χ2v) is 8.54. The van der Waals surface area contributed by atoms with Gasteiger partial charge in [-0.25, -0.2) is 12.8 Å². The number of hydrogen-bond acceptors (Lipinski definition) is 5. The highest BCUT2D eigenvalue weighted by Gasteiger charge is 2.32. The van der Waals surface area contributed by atoms with Crippen molar-refractivity contribution in [3.8, 4) is 11.5 Å². The highest BCUT2D eigenvalue weighted by atomic mass is 32.2. The van der Waals surface area contributed by atoms with E-state index in [-0.39, 0.29) is 48.5 Å². The van der Waals surface area contributed by atoms with Crippen molar-refractivity contribution >= 4 is 22.0 Å². The number of sulfonamides is 1. The van der Waals surface area contributed by atoms with Crippen LogP contribution < -0.4 is 9.47 Å². The number of rotatable bonds is 6. The minimum absolute atomic E-state index is 0.0281. The summed E-state index contributed by atoms with van der Waals surface area (Å²) in [5.74, 6) is 0.0736. The van der Waals surface area contributed by atoms with Crippen molar-refractivity contribution in [2.24, 2.45) is 0 Å². The number of halogens is 1. The smallest absolute Gasteiger partial charge is 0.247 e. The molecule has 0 aliphatic carbocycles. The van der Waals surface area contributed by atoms with E-state index in [1.54, 1.807) is 35.2 Å². The molecule has 160 valence electrons. The molecule has 1 saturated heterocycles. The van der Waals surface area contributed by atoms with Crippen LogP contribution in [0.3, 0.4) is 0 Å². The molecule has 1 heterocycles. The number of amides is 1. The minimum atomic E-state index is -3.81. The van der Waals surface area contributed by atoms with Gasteiger partial charge in [-0.1, -0.05) is 12.1 Å². The standard InChI is InChI=1S/C21H23FN2O5S/c1-28-18-8-9-19(29-2)20(15-18)30(26,27)24-13-11-23(12-14-24)21(25)10-5-16-3-6-17(22)7-4-16/h3-10,15H,11-14H2,1-2H3. The molecule has 0 aromatic heterocycles. The molecule has 0 atom stereocenters. The van der Waals surface area contributed by atoms with E-state index in [0.717, 1.165) is 0 Å². The molecular formula is C21H23FN2O5S. The van der Waals surface area contributed by atoms with Gasteiger partial charge in [0, 0.05) is 38.3 Å². The van der Waals surface area contributed by atoms with E-state index in [0.29, 0.717) is 11.3 Å². The molecule has 0 bridgehead atoms. The topological polar surface area (TPSA) is 76.2 Å². The summed E-state index contributed by atoms with van der Waals surface area (Å²) >= 11 is 0. The zero-order chi connectivity index (χ0) is 21.7. The van der Waals surface area contributed by atoms with Gasteiger partial charge in [0.25, 0.3) is 0 Å². The highest BCUT2D eigenvalue weighted by molar-refractivity contribution is 7.89. The summed E-state index contributed by atoms with van der Waals surface area (Å²) in [6.45, 7) is 0.855. The van der Waals surface area contributed by atoms with E-state index < -0.39 is 10.0 Å². The van der Waals surface area contributed by atoms with Gasteiger partial charge in [-0.3, -0.25) is 4.79 Å². The van der Waals surface area contributed by atoms with Crippen LogP contribution in [0, 0.1) is 5.82 Å². The number of methoxy groups -OCH3 is 2. The average molecular weight is 434 g/mol. The van der Waals surface area contributed by atoms with Gasteiger partial charge in [-0.05, 0) is 35.9 Å². The van der Waals surface area contributed by atoms with E-state index in [9.17, 15) is 17.6 Å². The van der Waals surface area contributed by atoms with Gasteiger partial charge in [-0.2, -0.15) is 4.31 Å². The fourth-order valence-corrected chi connectivity index (χ4v) is 4.71. The molecule has 30 heavy (non-hydrogen) atoms. The zero-order valence-electron chi connectivity index (χ0n) is 16.7. The number of piperazine rings is 1. The number of carbonyl (C=O) groups excluding carboxylic acids is 1. The predicted octanol–water partition coefficient (Wildman–Crippen LogP) is 2.39. The van der Waals surface area contributed by atoms with Gasteiger partial charge in [0.1, 0.15) is 22.2 Å². The van der Waals surface area contributed by atoms with Crippen LogP contribution in [0.25, 0.3) is 6.08 Å². The van der Waals surface area contributed by atoms with Crippen LogP contribution in [0.5, 0.6) is 11.5 Å². The van der Waals surface area contributed by atoms with Gasteiger partial charge in [0.15, 0.2) is 0 Å². The Morgan fingerprint density at radius 2 is 1.67 bits per heavy atom. The van der Waals surface area contributed by atoms with Crippen molar-refractivity contribution in [2.45, 2.75) is 4.90 Å². The second kappa shape index (κ2) is 9.27. The van der Waals surface area contributed by atoms with Crippen molar-refractivity contribution in [1.29, 1.82) is 0 Å². The molecule has 3 rings (SSSR count). The lowest BCUT2D eigenvalue weighted by atomic mass is 10.2. The lowest BCUT2D eigenvalue weighted by Gasteiger charge is -2.33. The van der Waals surface area contributed by atoms with Crippen LogP contribution in [-0.2, 0) is 14.8 Å². The lowest BCUT2D eigenvalue weighted by molar-refractivity contribution is -0.127. The number of benzene rings is 2. The molecule has 1 fully saturated rings. The van der Waals surface area contributed by atoms with Gasteiger partial charge in [0.2, 0.25) is 15.9 Å². The predicted molar refractivity (Wildman–Crippen MR) is 110 cm³/mol. The number of nitrogens with zero attached hydrogens (tertiary/aromatic N) is 2. The zero-order valence-corrected chi connectivity index (χ0v) is 17.6. The number of hydrogen-bond donors (Lipinski definition) is 0. The fourth-order valence-electron chi connectivity index (χ4n) is 3.12. The first-order valence-electron chi connectivity index (χ1n) is 9.30. The Bertz CT molecular complexity index is 1030. The minimum Gasteiger partial charge on any atom is -0.497 e. The Balaban J connectivity index is 1.67. The quantitative estimate of drug-likeness (QED) is 0.653. The van der Waals surface area contributed by atoms with E-state index >= 15 is 0 Å². The summed E-state index contributed by atoms with van der Waals surface area (Å²) in [7, 11) is -0.941. The van der Waals surface area contributed by atoms with Crippen molar-refractivity contribution in [3.05, 3.63) is 59.9 Å². The third-order valence-corrected chi connectivity index (χ3v) is 6.75. The summed E-state index contributed by atoms with van der Waals surface area (Å²) in [5.41, 5.74) is 0.705. The first-order valence-corrected chi connectivity index (χ1v) is 10.7. The lowest BCUT2D eigenvalue weighted by Crippen LogP contribution is -2.50. The SMILES string of the molecule is COc1ccc(OC)c(S(=O)(=O)N2CCN(C(=O)C=Cc3ccc(F)cc3)CC2)c1. The van der Waals surface area contributed by atoms with Crippen molar-refractivity contribution in [3.63, 3.8) is 0 Å².